The van der Waals surface area contributed by atoms with Gasteiger partial charge in [0, 0.05) is 0 Å². The second-order valence-electron chi connectivity index (χ2n) is 3.13. The van der Waals surface area contributed by atoms with Gasteiger partial charge in [0.15, 0.2) is 0 Å². The Kier molecular flexibility index (Phi) is 4.53. The Morgan fingerprint density at radius 1 is 1.44 bits per heavy atom. The fourth-order valence-corrected chi connectivity index (χ4v) is 1.07. The van der Waals surface area contributed by atoms with E-state index in [1.54, 1.807) is 0 Å². The number of likely N-dealkylation sites (N-methyl/N-ethyl adjacent to an activating group) is 1. The van der Waals surface area contributed by atoms with Gasteiger partial charge >= 0.3 is 5.97 Å². The molecule has 0 bridgehead atoms. The lowest BCUT2D eigenvalue weighted by Crippen LogP contribution is -2.33. The molecule has 0 aromatic carbocycles. The molecule has 3 N–H and O–H groups in total. The van der Waals surface area contributed by atoms with Crippen LogP contribution >= 0.6 is 0 Å². The molecule has 0 aliphatic carbocycles. The average Bonchev–Trinajstić information content (AvgIpc) is 2.72. The van der Waals surface area contributed by atoms with Gasteiger partial charge in [0.25, 0.3) is 0 Å². The average molecular weight is 226 g/mol. The number of carbonyl (C=O) groups is 2. The largest absolute Gasteiger partial charge is 0.475 e. The van der Waals surface area contributed by atoms with Crippen LogP contribution in [0.1, 0.15) is 23.2 Å². The Morgan fingerprint density at radius 3 is 2.75 bits per heavy atom. The number of amides is 1. The number of aromatic carboxylic acids is 1. The summed E-state index contributed by atoms with van der Waals surface area (Å²) < 4.78 is 4.97. The quantitative estimate of drug-likeness (QED) is 0.644. The van der Waals surface area contributed by atoms with Crippen LogP contribution in [0, 0.1) is 0 Å². The van der Waals surface area contributed by atoms with Crippen molar-refractivity contribution < 1.29 is 19.1 Å². The van der Waals surface area contributed by atoms with E-state index in [-0.39, 0.29) is 24.8 Å². The second kappa shape index (κ2) is 5.92. The molecule has 0 saturated carbocycles. The van der Waals surface area contributed by atoms with Crippen molar-refractivity contribution >= 4 is 11.9 Å². The van der Waals surface area contributed by atoms with Crippen LogP contribution in [0.4, 0.5) is 0 Å². The highest BCUT2D eigenvalue weighted by molar-refractivity contribution is 5.84. The number of hydrogen-bond donors (Lipinski definition) is 3. The van der Waals surface area contributed by atoms with Crippen LogP contribution in [0.3, 0.4) is 0 Å². The van der Waals surface area contributed by atoms with Crippen molar-refractivity contribution in [3.05, 3.63) is 23.7 Å². The van der Waals surface area contributed by atoms with Crippen LogP contribution in [0.2, 0.25) is 0 Å². The van der Waals surface area contributed by atoms with E-state index in [0.717, 1.165) is 6.54 Å². The number of nitrogens with one attached hydrogen (secondary N) is 2. The van der Waals surface area contributed by atoms with Crippen LogP contribution in [-0.2, 0) is 11.3 Å². The molecule has 1 rings (SSSR count). The van der Waals surface area contributed by atoms with E-state index in [0.29, 0.717) is 5.76 Å². The topological polar surface area (TPSA) is 91.6 Å². The molecule has 0 spiro atoms. The van der Waals surface area contributed by atoms with E-state index in [2.05, 4.69) is 10.6 Å². The minimum atomic E-state index is -1.12. The third-order valence-electron chi connectivity index (χ3n) is 1.87. The fourth-order valence-electron chi connectivity index (χ4n) is 1.07. The fraction of sp³-hybridized carbons (Fsp3) is 0.400. The van der Waals surface area contributed by atoms with Crippen LogP contribution in [0.15, 0.2) is 16.5 Å². The van der Waals surface area contributed by atoms with Gasteiger partial charge in [-0.05, 0) is 18.7 Å². The molecule has 0 saturated heterocycles. The van der Waals surface area contributed by atoms with Gasteiger partial charge in [0.2, 0.25) is 11.7 Å². The number of rotatable bonds is 6. The predicted molar refractivity (Wildman–Crippen MR) is 56.1 cm³/mol. The van der Waals surface area contributed by atoms with Crippen LogP contribution in [0.25, 0.3) is 0 Å². The smallest absolute Gasteiger partial charge is 0.371 e. The Balaban J connectivity index is 2.36. The van der Waals surface area contributed by atoms with Gasteiger partial charge in [-0.2, -0.15) is 0 Å². The zero-order valence-corrected chi connectivity index (χ0v) is 8.95. The Bertz CT molecular complexity index is 373. The van der Waals surface area contributed by atoms with E-state index < -0.39 is 5.97 Å². The SMILES string of the molecule is CCNCC(=O)NCc1ccc(C(=O)O)o1. The van der Waals surface area contributed by atoms with Crippen LogP contribution in [0.5, 0.6) is 0 Å². The summed E-state index contributed by atoms with van der Waals surface area (Å²) in [5.41, 5.74) is 0. The van der Waals surface area contributed by atoms with E-state index in [4.69, 9.17) is 9.52 Å². The van der Waals surface area contributed by atoms with Gasteiger partial charge in [-0.25, -0.2) is 4.79 Å². The van der Waals surface area contributed by atoms with Gasteiger partial charge in [-0.15, -0.1) is 0 Å². The molecule has 6 nitrogen and oxygen atoms in total. The van der Waals surface area contributed by atoms with Crippen molar-refractivity contribution in [2.75, 3.05) is 13.1 Å². The molecular weight excluding hydrogens is 212 g/mol. The van der Waals surface area contributed by atoms with Crippen molar-refractivity contribution in [2.24, 2.45) is 0 Å². The minimum absolute atomic E-state index is 0.129. The minimum Gasteiger partial charge on any atom is -0.475 e. The zero-order valence-electron chi connectivity index (χ0n) is 8.95. The summed E-state index contributed by atoms with van der Waals surface area (Å²) in [7, 11) is 0. The Labute approximate surface area is 92.6 Å². The normalized spacial score (nSPS) is 10.1. The summed E-state index contributed by atoms with van der Waals surface area (Å²) in [5.74, 6) is -0.987. The number of hydrogen-bond acceptors (Lipinski definition) is 4. The molecule has 0 atom stereocenters. The highest BCUT2D eigenvalue weighted by Gasteiger charge is 2.09. The molecule has 0 aliphatic heterocycles. The molecule has 1 aromatic heterocycles. The van der Waals surface area contributed by atoms with Crippen molar-refractivity contribution in [3.63, 3.8) is 0 Å². The van der Waals surface area contributed by atoms with Crippen molar-refractivity contribution in [2.45, 2.75) is 13.5 Å². The number of carboxylic acids is 1. The van der Waals surface area contributed by atoms with E-state index in [9.17, 15) is 9.59 Å². The lowest BCUT2D eigenvalue weighted by atomic mass is 10.4. The molecular formula is C10H14N2O4. The molecule has 1 aromatic rings. The lowest BCUT2D eigenvalue weighted by Gasteiger charge is -2.02. The maximum Gasteiger partial charge on any atom is 0.371 e. The van der Waals surface area contributed by atoms with E-state index in [1.807, 2.05) is 6.92 Å². The summed E-state index contributed by atoms with van der Waals surface area (Å²) in [4.78, 5) is 21.7. The highest BCUT2D eigenvalue weighted by Crippen LogP contribution is 2.06. The maximum atomic E-state index is 11.2. The Morgan fingerprint density at radius 2 is 2.19 bits per heavy atom. The van der Waals surface area contributed by atoms with Crippen LogP contribution < -0.4 is 10.6 Å². The first-order valence-corrected chi connectivity index (χ1v) is 4.93. The molecule has 0 aliphatic rings. The van der Waals surface area contributed by atoms with E-state index >= 15 is 0 Å². The molecule has 0 unspecified atom stereocenters. The molecule has 16 heavy (non-hydrogen) atoms. The third-order valence-corrected chi connectivity index (χ3v) is 1.87. The maximum absolute atomic E-state index is 11.2. The van der Waals surface area contributed by atoms with Gasteiger partial charge < -0.3 is 20.2 Å². The highest BCUT2D eigenvalue weighted by atomic mass is 16.4. The first-order chi connectivity index (χ1) is 7.63. The van der Waals surface area contributed by atoms with Gasteiger partial charge in [-0.1, -0.05) is 6.92 Å². The molecule has 0 radical (unpaired) electrons. The first-order valence-electron chi connectivity index (χ1n) is 4.93. The van der Waals surface area contributed by atoms with Crippen molar-refractivity contribution in [1.82, 2.24) is 10.6 Å². The summed E-state index contributed by atoms with van der Waals surface area (Å²) in [6.45, 7) is 3.05. The van der Waals surface area contributed by atoms with E-state index in [1.165, 1.54) is 12.1 Å². The van der Waals surface area contributed by atoms with Crippen molar-refractivity contribution in [3.8, 4) is 0 Å². The standard InChI is InChI=1S/C10H14N2O4/c1-2-11-6-9(13)12-5-7-3-4-8(16-7)10(14)15/h3-4,11H,2,5-6H2,1H3,(H,12,13)(H,14,15). The summed E-state index contributed by atoms with van der Waals surface area (Å²) in [5, 5.41) is 14.1. The molecule has 88 valence electrons. The van der Waals surface area contributed by atoms with Crippen molar-refractivity contribution in [1.29, 1.82) is 0 Å². The predicted octanol–water partition coefficient (Wildman–Crippen LogP) is 0.203. The summed E-state index contributed by atoms with van der Waals surface area (Å²) >= 11 is 0. The number of carbonyl (C=O) groups excluding carboxylic acids is 1. The first kappa shape index (κ1) is 12.3. The lowest BCUT2D eigenvalue weighted by molar-refractivity contribution is -0.120. The molecule has 6 heteroatoms. The molecule has 1 heterocycles. The Hall–Kier alpha value is -1.82. The third kappa shape index (κ3) is 3.74. The summed E-state index contributed by atoms with van der Waals surface area (Å²) in [6.07, 6.45) is 0. The second-order valence-corrected chi connectivity index (χ2v) is 3.13. The zero-order chi connectivity index (χ0) is 12.0. The molecule has 1 amide bonds. The van der Waals surface area contributed by atoms with Gasteiger partial charge in [0.05, 0.1) is 13.1 Å². The summed E-state index contributed by atoms with van der Waals surface area (Å²) in [6, 6.07) is 2.88. The monoisotopic (exact) mass is 226 g/mol. The number of carboxylic acid groups (broad SMARTS) is 1. The molecule has 0 fully saturated rings. The van der Waals surface area contributed by atoms with Gasteiger partial charge in [0.1, 0.15) is 5.76 Å². The number of furan rings is 1. The van der Waals surface area contributed by atoms with Crippen LogP contribution in [-0.4, -0.2) is 30.1 Å². The van der Waals surface area contributed by atoms with Gasteiger partial charge in [-0.3, -0.25) is 4.79 Å².